The molecule has 1 saturated carbocycles. The number of nitrogens with one attached hydrogen (secondary N) is 3. The summed E-state index contributed by atoms with van der Waals surface area (Å²) in [5.74, 6) is -0.499. The van der Waals surface area contributed by atoms with Crippen LogP contribution in [0.5, 0.6) is 0 Å². The van der Waals surface area contributed by atoms with Crippen LogP contribution in [0.3, 0.4) is 0 Å². The number of primary amides is 1. The predicted octanol–water partition coefficient (Wildman–Crippen LogP) is 0.408. The van der Waals surface area contributed by atoms with Gasteiger partial charge in [-0.15, -0.1) is 0 Å². The monoisotopic (exact) mass is 384 g/mol. The highest BCUT2D eigenvalue weighted by molar-refractivity contribution is 6.15. The van der Waals surface area contributed by atoms with Gasteiger partial charge in [-0.05, 0) is 43.6 Å². The Balaban J connectivity index is 1.81. The fraction of sp³-hybridized carbons (Fsp3) is 0.368. The summed E-state index contributed by atoms with van der Waals surface area (Å²) in [6.07, 6.45) is 8.42. The summed E-state index contributed by atoms with van der Waals surface area (Å²) in [7, 11) is 3.42. The van der Waals surface area contributed by atoms with E-state index >= 15 is 0 Å². The molecule has 9 nitrogen and oxygen atoms in total. The van der Waals surface area contributed by atoms with Gasteiger partial charge in [0, 0.05) is 25.9 Å². The number of nitrogens with two attached hydrogens (primary N) is 1. The topological polar surface area (TPSA) is 135 Å². The van der Waals surface area contributed by atoms with E-state index in [1.807, 2.05) is 13.1 Å². The number of allylic oxidation sites excluding steroid dienone is 4. The lowest BCUT2D eigenvalue weighted by Gasteiger charge is -2.39. The van der Waals surface area contributed by atoms with Crippen molar-refractivity contribution < 1.29 is 14.3 Å². The first-order valence-electron chi connectivity index (χ1n) is 8.99. The van der Waals surface area contributed by atoms with Crippen LogP contribution < -0.4 is 16.4 Å². The maximum atomic E-state index is 12.8. The van der Waals surface area contributed by atoms with Crippen molar-refractivity contribution in [3.63, 3.8) is 0 Å². The van der Waals surface area contributed by atoms with Crippen LogP contribution in [0.2, 0.25) is 0 Å². The van der Waals surface area contributed by atoms with Gasteiger partial charge < -0.3 is 26.5 Å². The van der Waals surface area contributed by atoms with Crippen molar-refractivity contribution in [3.05, 3.63) is 53.2 Å². The quantitative estimate of drug-likeness (QED) is 0.505. The van der Waals surface area contributed by atoms with Crippen molar-refractivity contribution in [3.8, 4) is 0 Å². The average molecular weight is 384 g/mol. The van der Waals surface area contributed by atoms with Crippen molar-refractivity contribution in [2.75, 3.05) is 7.05 Å². The maximum absolute atomic E-state index is 12.8. The Hall–Kier alpha value is -3.36. The van der Waals surface area contributed by atoms with Gasteiger partial charge in [0.25, 0.3) is 5.91 Å². The molecule has 2 aliphatic carbocycles. The van der Waals surface area contributed by atoms with Crippen LogP contribution in [0.25, 0.3) is 0 Å². The van der Waals surface area contributed by atoms with Gasteiger partial charge in [0.1, 0.15) is 23.6 Å². The molecule has 1 heterocycles. The summed E-state index contributed by atoms with van der Waals surface area (Å²) in [6, 6.07) is 1.85. The number of hydrogen-bond donors (Lipinski definition) is 4. The second-order valence-corrected chi connectivity index (χ2v) is 6.82. The Kier molecular flexibility index (Phi) is 5.34. The fourth-order valence-corrected chi connectivity index (χ4v) is 3.13. The molecule has 2 aliphatic rings. The van der Waals surface area contributed by atoms with Crippen LogP contribution >= 0.6 is 0 Å². The third-order valence-electron chi connectivity index (χ3n) is 5.08. The molecule has 0 aliphatic heterocycles. The SMILES string of the molecule is CN/C(C(=O)NC1(C(N)=O)CCC1)=C1/C=C(OCc2ccnn2C)C=CC1=N. The van der Waals surface area contributed by atoms with Crippen molar-refractivity contribution in [2.24, 2.45) is 12.8 Å². The number of carbonyl (C=O) groups is 2. The molecule has 1 aromatic heterocycles. The molecule has 5 N–H and O–H groups in total. The molecule has 0 bridgehead atoms. The van der Waals surface area contributed by atoms with Gasteiger partial charge in [0.05, 0.1) is 11.4 Å². The van der Waals surface area contributed by atoms with E-state index < -0.39 is 17.4 Å². The van der Waals surface area contributed by atoms with Gasteiger partial charge in [-0.25, -0.2) is 0 Å². The summed E-state index contributed by atoms with van der Waals surface area (Å²) in [5.41, 5.74) is 6.07. The largest absolute Gasteiger partial charge is 0.487 e. The van der Waals surface area contributed by atoms with Crippen LogP contribution in [0.15, 0.2) is 47.5 Å². The second kappa shape index (κ2) is 7.71. The van der Waals surface area contributed by atoms with Crippen molar-refractivity contribution in [1.29, 1.82) is 5.41 Å². The Morgan fingerprint density at radius 1 is 1.39 bits per heavy atom. The van der Waals surface area contributed by atoms with E-state index in [2.05, 4.69) is 15.7 Å². The average Bonchev–Trinajstić information content (AvgIpc) is 3.03. The van der Waals surface area contributed by atoms with Gasteiger partial charge in [-0.2, -0.15) is 5.10 Å². The van der Waals surface area contributed by atoms with Crippen LogP contribution in [0, 0.1) is 5.41 Å². The molecule has 0 aromatic carbocycles. The van der Waals surface area contributed by atoms with Crippen molar-refractivity contribution in [2.45, 2.75) is 31.4 Å². The highest BCUT2D eigenvalue weighted by atomic mass is 16.5. The van der Waals surface area contributed by atoms with E-state index in [0.29, 0.717) is 30.8 Å². The summed E-state index contributed by atoms with van der Waals surface area (Å²) < 4.78 is 7.49. The summed E-state index contributed by atoms with van der Waals surface area (Å²) in [5, 5.41) is 17.8. The zero-order valence-electron chi connectivity index (χ0n) is 15.9. The van der Waals surface area contributed by atoms with Crippen molar-refractivity contribution >= 4 is 17.5 Å². The molecule has 0 saturated heterocycles. The highest BCUT2D eigenvalue weighted by Gasteiger charge is 2.44. The number of nitrogens with zero attached hydrogens (tertiary/aromatic N) is 2. The Morgan fingerprint density at radius 2 is 2.14 bits per heavy atom. The normalized spacial score (nSPS) is 19.4. The van der Waals surface area contributed by atoms with Crippen LogP contribution in [0.1, 0.15) is 25.0 Å². The third kappa shape index (κ3) is 3.68. The van der Waals surface area contributed by atoms with E-state index in [1.165, 1.54) is 0 Å². The summed E-state index contributed by atoms with van der Waals surface area (Å²) in [4.78, 5) is 24.5. The number of carbonyl (C=O) groups excluding carboxylic acids is 2. The van der Waals surface area contributed by atoms with Crippen molar-refractivity contribution in [1.82, 2.24) is 20.4 Å². The first kappa shape index (κ1) is 19.4. The maximum Gasteiger partial charge on any atom is 0.268 e. The number of likely N-dealkylation sites (N-methyl/N-ethyl adjacent to an activating group) is 1. The molecule has 0 unspecified atom stereocenters. The molecule has 0 atom stereocenters. The zero-order chi connectivity index (χ0) is 20.3. The molecule has 1 aromatic rings. The van der Waals surface area contributed by atoms with E-state index in [4.69, 9.17) is 15.9 Å². The van der Waals surface area contributed by atoms with Crippen LogP contribution in [-0.4, -0.2) is 39.9 Å². The Labute approximate surface area is 162 Å². The third-order valence-corrected chi connectivity index (χ3v) is 5.08. The van der Waals surface area contributed by atoms with E-state index in [9.17, 15) is 9.59 Å². The number of aryl methyl sites for hydroxylation is 1. The molecule has 9 heteroatoms. The molecular weight excluding hydrogens is 360 g/mol. The highest BCUT2D eigenvalue weighted by Crippen LogP contribution is 2.32. The van der Waals surface area contributed by atoms with E-state index in [-0.39, 0.29) is 11.4 Å². The molecule has 148 valence electrons. The fourth-order valence-electron chi connectivity index (χ4n) is 3.13. The minimum Gasteiger partial charge on any atom is -0.487 e. The minimum atomic E-state index is -1.00. The Morgan fingerprint density at radius 3 is 2.68 bits per heavy atom. The lowest BCUT2D eigenvalue weighted by molar-refractivity contribution is -0.133. The van der Waals surface area contributed by atoms with Gasteiger partial charge in [-0.1, -0.05) is 0 Å². The van der Waals surface area contributed by atoms with Gasteiger partial charge in [0.15, 0.2) is 0 Å². The molecule has 1 fully saturated rings. The lowest BCUT2D eigenvalue weighted by atomic mass is 9.76. The van der Waals surface area contributed by atoms with E-state index in [0.717, 1.165) is 12.1 Å². The number of rotatable bonds is 7. The zero-order valence-corrected chi connectivity index (χ0v) is 15.9. The smallest absolute Gasteiger partial charge is 0.268 e. The predicted molar refractivity (Wildman–Crippen MR) is 103 cm³/mol. The molecule has 0 radical (unpaired) electrons. The summed E-state index contributed by atoms with van der Waals surface area (Å²) >= 11 is 0. The summed E-state index contributed by atoms with van der Waals surface area (Å²) in [6.45, 7) is 0.305. The number of hydrogen-bond acceptors (Lipinski definition) is 6. The molecule has 2 amide bonds. The van der Waals surface area contributed by atoms with Crippen LogP contribution in [0.4, 0.5) is 0 Å². The van der Waals surface area contributed by atoms with Gasteiger partial charge >= 0.3 is 0 Å². The van der Waals surface area contributed by atoms with Crippen LogP contribution in [-0.2, 0) is 28.0 Å². The number of amides is 2. The number of ether oxygens (including phenoxy) is 1. The molecule has 3 rings (SSSR count). The Bertz CT molecular complexity index is 905. The first-order valence-corrected chi connectivity index (χ1v) is 8.99. The minimum absolute atomic E-state index is 0.161. The van der Waals surface area contributed by atoms with E-state index in [1.54, 1.807) is 36.2 Å². The molecule has 28 heavy (non-hydrogen) atoms. The second-order valence-electron chi connectivity index (χ2n) is 6.82. The van der Waals surface area contributed by atoms with Gasteiger partial charge in [-0.3, -0.25) is 14.3 Å². The molecular formula is C19H24N6O3. The molecule has 0 spiro atoms. The standard InChI is InChI=1S/C19H24N6O3/c1-22-16(17(26)24-19(18(21)27)7-3-8-19)14-10-13(4-5-15(14)20)28-11-12-6-9-23-25(12)2/h4-6,9-10,20,22H,3,7-8,11H2,1-2H3,(H2,21,27)(H,24,26)/b16-14-,20-15?. The first-order chi connectivity index (χ1) is 13.4. The number of aromatic nitrogens is 2. The van der Waals surface area contributed by atoms with Gasteiger partial charge in [0.2, 0.25) is 5.91 Å². The lowest BCUT2D eigenvalue weighted by Crippen LogP contribution is -2.62.